The van der Waals surface area contributed by atoms with Gasteiger partial charge in [0.05, 0.1) is 19.8 Å². The largest absolute Gasteiger partial charge is 0.488 e. The average Bonchev–Trinajstić information content (AvgIpc) is 3.30. The number of aryl methyl sites for hydroxylation is 1. The van der Waals surface area contributed by atoms with Gasteiger partial charge >= 0.3 is 0 Å². The second-order valence-electron chi connectivity index (χ2n) is 7.82. The molecule has 2 aromatic carbocycles. The normalized spacial score (nSPS) is 15.5. The van der Waals surface area contributed by atoms with Crippen LogP contribution in [-0.2, 0) is 17.8 Å². The lowest BCUT2D eigenvalue weighted by Crippen LogP contribution is -2.37. The Morgan fingerprint density at radius 3 is 2.52 bits per heavy atom. The van der Waals surface area contributed by atoms with Crippen molar-refractivity contribution in [2.45, 2.75) is 46.4 Å². The fourth-order valence-corrected chi connectivity index (χ4v) is 3.42. The first kappa shape index (κ1) is 26.9. The molecule has 0 radical (unpaired) electrons. The summed E-state index contributed by atoms with van der Waals surface area (Å²) in [5, 5.41) is 9.50. The number of benzene rings is 2. The average molecular weight is 566 g/mol. The van der Waals surface area contributed by atoms with Gasteiger partial charge in [-0.15, -0.1) is 24.0 Å². The van der Waals surface area contributed by atoms with E-state index in [1.54, 1.807) is 0 Å². The molecule has 1 aliphatic heterocycles. The summed E-state index contributed by atoms with van der Waals surface area (Å²) in [6.07, 6.45) is 1.03. The molecule has 180 valence electrons. The highest BCUT2D eigenvalue weighted by atomic mass is 127. The van der Waals surface area contributed by atoms with Gasteiger partial charge in [-0.25, -0.2) is 4.99 Å². The van der Waals surface area contributed by atoms with Gasteiger partial charge in [0.2, 0.25) is 0 Å². The van der Waals surface area contributed by atoms with E-state index < -0.39 is 0 Å². The van der Waals surface area contributed by atoms with Crippen LogP contribution >= 0.6 is 24.0 Å². The Balaban J connectivity index is 0.00000385. The molecule has 0 spiro atoms. The Bertz CT molecular complexity index is 912. The zero-order valence-electron chi connectivity index (χ0n) is 19.6. The molecule has 3 rings (SSSR count). The standard InChI is InChI=1S/C25H34N4O3.HI/c1-4-26-24(30)20-10-7-19(8-11-20)15-28-25(27-5-2)29-16-21-9-6-18(3)14-23(21)32-22-12-13-31-17-22;/h6-11,14,22H,4-5,12-13,15-17H2,1-3H3,(H,26,30)(H2,27,28,29);1H. The van der Waals surface area contributed by atoms with Crippen molar-refractivity contribution in [1.29, 1.82) is 0 Å². The van der Waals surface area contributed by atoms with Gasteiger partial charge in [-0.05, 0) is 50.1 Å². The van der Waals surface area contributed by atoms with Crippen molar-refractivity contribution < 1.29 is 14.3 Å². The van der Waals surface area contributed by atoms with Crippen molar-refractivity contribution >= 4 is 35.8 Å². The molecule has 8 heteroatoms. The van der Waals surface area contributed by atoms with Gasteiger partial charge < -0.3 is 25.4 Å². The van der Waals surface area contributed by atoms with Gasteiger partial charge in [0, 0.05) is 37.2 Å². The molecule has 0 bridgehead atoms. The molecule has 3 N–H and O–H groups in total. The number of amides is 1. The summed E-state index contributed by atoms with van der Waals surface area (Å²) < 4.78 is 11.6. The van der Waals surface area contributed by atoms with Crippen molar-refractivity contribution in [3.8, 4) is 5.75 Å². The Labute approximate surface area is 213 Å². The van der Waals surface area contributed by atoms with Crippen LogP contribution in [0, 0.1) is 6.92 Å². The predicted molar refractivity (Wildman–Crippen MR) is 143 cm³/mol. The zero-order valence-corrected chi connectivity index (χ0v) is 22.0. The summed E-state index contributed by atoms with van der Waals surface area (Å²) in [7, 11) is 0. The third kappa shape index (κ3) is 8.51. The minimum Gasteiger partial charge on any atom is -0.488 e. The van der Waals surface area contributed by atoms with Gasteiger partial charge in [-0.2, -0.15) is 0 Å². The molecule has 0 aromatic heterocycles. The number of nitrogens with one attached hydrogen (secondary N) is 3. The van der Waals surface area contributed by atoms with Gasteiger partial charge in [0.15, 0.2) is 5.96 Å². The Kier molecular flexibility index (Phi) is 11.5. The smallest absolute Gasteiger partial charge is 0.251 e. The summed E-state index contributed by atoms with van der Waals surface area (Å²) in [4.78, 5) is 16.6. The maximum atomic E-state index is 11.9. The highest BCUT2D eigenvalue weighted by Gasteiger charge is 2.18. The molecule has 0 saturated carbocycles. The molecule has 1 heterocycles. The van der Waals surface area contributed by atoms with Crippen LogP contribution < -0.4 is 20.7 Å². The number of halogens is 1. The first-order valence-corrected chi connectivity index (χ1v) is 11.3. The maximum Gasteiger partial charge on any atom is 0.251 e. The molecule has 1 aliphatic rings. The second-order valence-corrected chi connectivity index (χ2v) is 7.82. The van der Waals surface area contributed by atoms with Crippen LogP contribution in [0.3, 0.4) is 0 Å². The molecule has 33 heavy (non-hydrogen) atoms. The lowest BCUT2D eigenvalue weighted by molar-refractivity contribution is 0.0956. The Morgan fingerprint density at radius 1 is 1.09 bits per heavy atom. The molecule has 1 fully saturated rings. The third-order valence-electron chi connectivity index (χ3n) is 5.17. The van der Waals surface area contributed by atoms with E-state index in [0.29, 0.717) is 31.8 Å². The summed E-state index contributed by atoms with van der Waals surface area (Å²) in [5.41, 5.74) is 3.94. The van der Waals surface area contributed by atoms with Crippen molar-refractivity contribution in [1.82, 2.24) is 16.0 Å². The van der Waals surface area contributed by atoms with E-state index in [-0.39, 0.29) is 36.0 Å². The molecule has 7 nitrogen and oxygen atoms in total. The topological polar surface area (TPSA) is 84.0 Å². The van der Waals surface area contributed by atoms with Crippen molar-refractivity contribution in [2.24, 2.45) is 4.99 Å². The number of guanidine groups is 1. The van der Waals surface area contributed by atoms with E-state index in [1.165, 1.54) is 5.56 Å². The van der Waals surface area contributed by atoms with E-state index >= 15 is 0 Å². The molecule has 2 aromatic rings. The summed E-state index contributed by atoms with van der Waals surface area (Å²) in [6.45, 7) is 9.91. The van der Waals surface area contributed by atoms with Gasteiger partial charge in [0.25, 0.3) is 5.91 Å². The number of carbonyl (C=O) groups excluding carboxylic acids is 1. The van der Waals surface area contributed by atoms with Crippen LogP contribution in [-0.4, -0.2) is 44.3 Å². The van der Waals surface area contributed by atoms with E-state index in [9.17, 15) is 4.79 Å². The van der Waals surface area contributed by atoms with E-state index in [0.717, 1.165) is 42.4 Å². The first-order valence-electron chi connectivity index (χ1n) is 11.3. The number of aliphatic imine (C=N–C) groups is 1. The number of nitrogens with zero attached hydrogens (tertiary/aromatic N) is 1. The summed E-state index contributed by atoms with van der Waals surface area (Å²) in [5.74, 6) is 1.57. The summed E-state index contributed by atoms with van der Waals surface area (Å²) >= 11 is 0. The minimum atomic E-state index is -0.0576. The predicted octanol–water partition coefficient (Wildman–Crippen LogP) is 3.79. The maximum absolute atomic E-state index is 11.9. The molecule has 1 amide bonds. The van der Waals surface area contributed by atoms with Crippen LogP contribution in [0.4, 0.5) is 0 Å². The molecule has 0 aliphatic carbocycles. The minimum absolute atomic E-state index is 0. The van der Waals surface area contributed by atoms with Gasteiger partial charge in [0.1, 0.15) is 11.9 Å². The van der Waals surface area contributed by atoms with Crippen LogP contribution in [0.25, 0.3) is 0 Å². The first-order chi connectivity index (χ1) is 15.6. The SMILES string of the molecule is CCNC(=O)c1ccc(CN=C(NCC)NCc2ccc(C)cc2OC2CCOC2)cc1.I. The summed E-state index contributed by atoms with van der Waals surface area (Å²) in [6, 6.07) is 13.8. The van der Waals surface area contributed by atoms with Crippen LogP contribution in [0.1, 0.15) is 47.3 Å². The molecule has 1 atom stereocenters. The van der Waals surface area contributed by atoms with E-state index in [2.05, 4.69) is 41.1 Å². The van der Waals surface area contributed by atoms with Gasteiger partial charge in [-0.3, -0.25) is 4.79 Å². The fraction of sp³-hybridized carbons (Fsp3) is 0.440. The number of carbonyl (C=O) groups is 1. The zero-order chi connectivity index (χ0) is 22.8. The quantitative estimate of drug-likeness (QED) is 0.245. The van der Waals surface area contributed by atoms with Crippen molar-refractivity contribution in [3.63, 3.8) is 0 Å². The van der Waals surface area contributed by atoms with Crippen LogP contribution in [0.5, 0.6) is 5.75 Å². The molecule has 1 unspecified atom stereocenters. The van der Waals surface area contributed by atoms with Crippen LogP contribution in [0.15, 0.2) is 47.5 Å². The highest BCUT2D eigenvalue weighted by Crippen LogP contribution is 2.23. The third-order valence-corrected chi connectivity index (χ3v) is 5.17. The number of hydrogen-bond acceptors (Lipinski definition) is 4. The van der Waals surface area contributed by atoms with Crippen molar-refractivity contribution in [2.75, 3.05) is 26.3 Å². The van der Waals surface area contributed by atoms with E-state index in [4.69, 9.17) is 14.5 Å². The number of rotatable bonds is 9. The molecular weight excluding hydrogens is 531 g/mol. The monoisotopic (exact) mass is 566 g/mol. The van der Waals surface area contributed by atoms with Crippen LogP contribution in [0.2, 0.25) is 0 Å². The Morgan fingerprint density at radius 2 is 1.85 bits per heavy atom. The van der Waals surface area contributed by atoms with E-state index in [1.807, 2.05) is 38.1 Å². The lowest BCUT2D eigenvalue weighted by Gasteiger charge is -2.18. The van der Waals surface area contributed by atoms with Crippen molar-refractivity contribution in [3.05, 3.63) is 64.7 Å². The lowest BCUT2D eigenvalue weighted by atomic mass is 10.1. The Hall–Kier alpha value is -2.33. The number of ether oxygens (including phenoxy) is 2. The van der Waals surface area contributed by atoms with Gasteiger partial charge in [-0.1, -0.05) is 24.3 Å². The highest BCUT2D eigenvalue weighted by molar-refractivity contribution is 14.0. The second kappa shape index (κ2) is 14.0. The fourth-order valence-electron chi connectivity index (χ4n) is 3.42. The number of hydrogen-bond donors (Lipinski definition) is 3. The molecule has 1 saturated heterocycles. The molecular formula is C25H35IN4O3.